The molecular formula is C16H18N2O3S. The predicted octanol–water partition coefficient (Wildman–Crippen LogP) is 2.51. The molecule has 0 aliphatic heterocycles. The molecule has 22 heavy (non-hydrogen) atoms. The number of rotatable bonds is 8. The highest BCUT2D eigenvalue weighted by atomic mass is 32.1. The Kier molecular flexibility index (Phi) is 6.60. The van der Waals surface area contributed by atoms with Crippen molar-refractivity contribution in [2.24, 2.45) is 0 Å². The highest BCUT2D eigenvalue weighted by molar-refractivity contribution is 7.12. The van der Waals surface area contributed by atoms with Gasteiger partial charge in [-0.3, -0.25) is 14.4 Å². The van der Waals surface area contributed by atoms with E-state index in [0.717, 1.165) is 5.56 Å². The molecule has 2 aromatic rings. The summed E-state index contributed by atoms with van der Waals surface area (Å²) in [6.45, 7) is 0.796. The van der Waals surface area contributed by atoms with Crippen LogP contribution in [0, 0.1) is 0 Å². The number of carbonyl (C=O) groups excluding carboxylic acids is 2. The van der Waals surface area contributed by atoms with Crippen LogP contribution in [0.15, 0.2) is 47.8 Å². The van der Waals surface area contributed by atoms with Crippen molar-refractivity contribution in [1.29, 1.82) is 0 Å². The molecule has 1 aromatic heterocycles. The van der Waals surface area contributed by atoms with E-state index in [9.17, 15) is 9.59 Å². The van der Waals surface area contributed by atoms with E-state index in [2.05, 4.69) is 10.8 Å². The molecule has 1 aromatic carbocycles. The minimum Gasteiger partial charge on any atom is -0.351 e. The van der Waals surface area contributed by atoms with Crippen molar-refractivity contribution in [3.63, 3.8) is 0 Å². The summed E-state index contributed by atoms with van der Waals surface area (Å²) in [7, 11) is 0. The van der Waals surface area contributed by atoms with Gasteiger partial charge in [0.2, 0.25) is 5.91 Å². The molecule has 0 fully saturated rings. The normalized spacial score (nSPS) is 10.2. The van der Waals surface area contributed by atoms with Gasteiger partial charge in [0, 0.05) is 13.0 Å². The van der Waals surface area contributed by atoms with Crippen molar-refractivity contribution in [1.82, 2.24) is 10.8 Å². The molecule has 0 bridgehead atoms. The molecule has 2 N–H and O–H groups in total. The van der Waals surface area contributed by atoms with Crippen LogP contribution in [0.1, 0.15) is 28.1 Å². The molecule has 0 atom stereocenters. The zero-order valence-electron chi connectivity index (χ0n) is 12.1. The van der Waals surface area contributed by atoms with Gasteiger partial charge < -0.3 is 5.32 Å². The average Bonchev–Trinajstić information content (AvgIpc) is 3.07. The molecule has 0 saturated heterocycles. The van der Waals surface area contributed by atoms with E-state index in [0.29, 0.717) is 30.9 Å². The second-order valence-corrected chi connectivity index (χ2v) is 5.58. The Hall–Kier alpha value is -2.18. The second kappa shape index (κ2) is 8.96. The Morgan fingerprint density at radius 2 is 1.91 bits per heavy atom. The monoisotopic (exact) mass is 318 g/mol. The van der Waals surface area contributed by atoms with Crippen LogP contribution in [0.3, 0.4) is 0 Å². The number of thiophene rings is 1. The second-order valence-electron chi connectivity index (χ2n) is 4.64. The molecule has 6 heteroatoms. The van der Waals surface area contributed by atoms with Crippen molar-refractivity contribution >= 4 is 23.2 Å². The van der Waals surface area contributed by atoms with E-state index in [1.165, 1.54) is 11.3 Å². The maximum absolute atomic E-state index is 11.7. The van der Waals surface area contributed by atoms with Crippen LogP contribution in [0.5, 0.6) is 0 Å². The van der Waals surface area contributed by atoms with Gasteiger partial charge in [0.15, 0.2) is 0 Å². The third-order valence-electron chi connectivity index (χ3n) is 2.88. The predicted molar refractivity (Wildman–Crippen MR) is 85.3 cm³/mol. The Morgan fingerprint density at radius 1 is 1.09 bits per heavy atom. The fraction of sp³-hybridized carbons (Fsp3) is 0.250. The van der Waals surface area contributed by atoms with Gasteiger partial charge in [0.1, 0.15) is 0 Å². The van der Waals surface area contributed by atoms with Crippen molar-refractivity contribution in [3.05, 3.63) is 58.3 Å². The van der Waals surface area contributed by atoms with Crippen LogP contribution in [-0.2, 0) is 16.2 Å². The minimum atomic E-state index is -0.193. The Labute approximate surface area is 133 Å². The van der Waals surface area contributed by atoms with Crippen LogP contribution in [0.4, 0.5) is 0 Å². The van der Waals surface area contributed by atoms with E-state index in [-0.39, 0.29) is 11.8 Å². The van der Waals surface area contributed by atoms with Crippen LogP contribution in [0.2, 0.25) is 0 Å². The SMILES string of the molecule is O=C(CCCNC(=O)c1cccs1)NOCc1ccccc1. The molecular weight excluding hydrogens is 300 g/mol. The van der Waals surface area contributed by atoms with Gasteiger partial charge >= 0.3 is 0 Å². The van der Waals surface area contributed by atoms with Crippen LogP contribution >= 0.6 is 11.3 Å². The van der Waals surface area contributed by atoms with E-state index in [1.54, 1.807) is 6.07 Å². The highest BCUT2D eigenvalue weighted by Gasteiger charge is 2.06. The standard InChI is InChI=1S/C16H18N2O3S/c19-15(18-21-12-13-6-2-1-3-7-13)9-4-10-17-16(20)14-8-5-11-22-14/h1-3,5-8,11H,4,9-10,12H2,(H,17,20)(H,18,19). The maximum Gasteiger partial charge on any atom is 0.261 e. The van der Waals surface area contributed by atoms with Crippen LogP contribution in [0.25, 0.3) is 0 Å². The first-order chi connectivity index (χ1) is 10.8. The number of hydroxylamine groups is 1. The van der Waals surface area contributed by atoms with Gasteiger partial charge in [-0.2, -0.15) is 0 Å². The number of hydrogen-bond donors (Lipinski definition) is 2. The third-order valence-corrected chi connectivity index (χ3v) is 3.75. The van der Waals surface area contributed by atoms with Crippen molar-refractivity contribution in [3.8, 4) is 0 Å². The summed E-state index contributed by atoms with van der Waals surface area (Å²) in [6.07, 6.45) is 0.872. The quantitative estimate of drug-likeness (QED) is 0.580. The number of amides is 2. The van der Waals surface area contributed by atoms with Gasteiger partial charge in [-0.1, -0.05) is 36.4 Å². The Balaban J connectivity index is 1.53. The van der Waals surface area contributed by atoms with E-state index < -0.39 is 0 Å². The molecule has 2 amide bonds. The van der Waals surface area contributed by atoms with E-state index in [1.807, 2.05) is 41.8 Å². The lowest BCUT2D eigenvalue weighted by Gasteiger charge is -2.06. The highest BCUT2D eigenvalue weighted by Crippen LogP contribution is 2.07. The van der Waals surface area contributed by atoms with Gasteiger partial charge in [-0.25, -0.2) is 5.48 Å². The maximum atomic E-state index is 11.7. The summed E-state index contributed by atoms with van der Waals surface area (Å²) in [5.41, 5.74) is 3.39. The fourth-order valence-electron chi connectivity index (χ4n) is 1.77. The minimum absolute atomic E-state index is 0.101. The summed E-state index contributed by atoms with van der Waals surface area (Å²) in [5.74, 6) is -0.294. The molecule has 0 spiro atoms. The lowest BCUT2D eigenvalue weighted by atomic mass is 10.2. The molecule has 0 unspecified atom stereocenters. The molecule has 116 valence electrons. The lowest BCUT2D eigenvalue weighted by molar-refractivity contribution is -0.134. The Bertz CT molecular complexity index is 585. The number of carbonyl (C=O) groups is 2. The largest absolute Gasteiger partial charge is 0.351 e. The summed E-state index contributed by atoms with van der Waals surface area (Å²) in [5, 5.41) is 4.63. The molecule has 0 aliphatic rings. The molecule has 5 nitrogen and oxygen atoms in total. The molecule has 0 radical (unpaired) electrons. The van der Waals surface area contributed by atoms with Crippen molar-refractivity contribution in [2.45, 2.75) is 19.4 Å². The zero-order chi connectivity index (χ0) is 15.6. The molecule has 2 rings (SSSR count). The topological polar surface area (TPSA) is 67.4 Å². The summed E-state index contributed by atoms with van der Waals surface area (Å²) in [6, 6.07) is 13.2. The molecule has 1 heterocycles. The van der Waals surface area contributed by atoms with Crippen molar-refractivity contribution in [2.75, 3.05) is 6.54 Å². The van der Waals surface area contributed by atoms with Crippen LogP contribution in [-0.4, -0.2) is 18.4 Å². The Morgan fingerprint density at radius 3 is 2.64 bits per heavy atom. The lowest BCUT2D eigenvalue weighted by Crippen LogP contribution is -2.27. The third kappa shape index (κ3) is 5.67. The number of benzene rings is 1. The van der Waals surface area contributed by atoms with E-state index >= 15 is 0 Å². The fourth-order valence-corrected chi connectivity index (χ4v) is 2.41. The summed E-state index contributed by atoms with van der Waals surface area (Å²) >= 11 is 1.39. The number of hydrogen-bond acceptors (Lipinski definition) is 4. The zero-order valence-corrected chi connectivity index (χ0v) is 12.9. The molecule has 0 saturated carbocycles. The molecule has 0 aliphatic carbocycles. The smallest absolute Gasteiger partial charge is 0.261 e. The van der Waals surface area contributed by atoms with Crippen molar-refractivity contribution < 1.29 is 14.4 Å². The summed E-state index contributed by atoms with van der Waals surface area (Å²) in [4.78, 5) is 29.0. The number of nitrogens with one attached hydrogen (secondary N) is 2. The van der Waals surface area contributed by atoms with Gasteiger partial charge in [0.05, 0.1) is 11.5 Å². The van der Waals surface area contributed by atoms with Gasteiger partial charge in [0.25, 0.3) is 5.91 Å². The first-order valence-corrected chi connectivity index (χ1v) is 7.90. The first-order valence-electron chi connectivity index (χ1n) is 7.02. The first kappa shape index (κ1) is 16.2. The van der Waals surface area contributed by atoms with Gasteiger partial charge in [-0.05, 0) is 23.4 Å². The average molecular weight is 318 g/mol. The van der Waals surface area contributed by atoms with Crippen LogP contribution < -0.4 is 10.8 Å². The van der Waals surface area contributed by atoms with Gasteiger partial charge in [-0.15, -0.1) is 11.3 Å². The summed E-state index contributed by atoms with van der Waals surface area (Å²) < 4.78 is 0. The van der Waals surface area contributed by atoms with E-state index in [4.69, 9.17) is 4.84 Å².